The Hall–Kier alpha value is -4.70. The van der Waals surface area contributed by atoms with Crippen LogP contribution in [-0.2, 0) is 51.8 Å². The minimum atomic E-state index is -1.44. The fraction of sp³-hybridized carbons (Fsp3) is 0.630. The van der Waals surface area contributed by atoms with Crippen molar-refractivity contribution in [1.29, 1.82) is 0 Å². The van der Waals surface area contributed by atoms with E-state index in [1.54, 1.807) is 20.9 Å². The van der Waals surface area contributed by atoms with Crippen molar-refractivity contribution in [3.05, 3.63) is 11.9 Å². The van der Waals surface area contributed by atoms with Crippen molar-refractivity contribution < 1.29 is 48.6 Å². The minimum absolute atomic E-state index is 0.135. The molecule has 5 atom stereocenters. The van der Waals surface area contributed by atoms with E-state index in [1.807, 2.05) is 0 Å². The summed E-state index contributed by atoms with van der Waals surface area (Å²) >= 11 is 0. The summed E-state index contributed by atoms with van der Waals surface area (Å²) in [7, 11) is 1.59. The lowest BCUT2D eigenvalue weighted by molar-refractivity contribution is -0.143. The molecule has 17 heteroatoms. The first-order valence-corrected chi connectivity index (χ1v) is 13.9. The number of hydrogen-bond acceptors (Lipinski definition) is 10. The second-order valence-electron chi connectivity index (χ2n) is 11.0. The molecule has 0 fully saturated rings. The molecule has 0 radical (unpaired) electrons. The maximum atomic E-state index is 13.4. The van der Waals surface area contributed by atoms with Gasteiger partial charge in [0.25, 0.3) is 0 Å². The molecule has 0 saturated carbocycles. The van der Waals surface area contributed by atoms with Crippen molar-refractivity contribution in [2.24, 2.45) is 30.5 Å². The summed E-state index contributed by atoms with van der Waals surface area (Å²) in [4.78, 5) is 98.3. The number of primary amides is 1. The summed E-state index contributed by atoms with van der Waals surface area (Å²) in [5.74, 6) is -10.1. The van der Waals surface area contributed by atoms with Crippen molar-refractivity contribution >= 4 is 47.1 Å². The average molecular weight is 624 g/mol. The van der Waals surface area contributed by atoms with Crippen LogP contribution in [0.25, 0.3) is 0 Å². The Morgan fingerprint density at radius 2 is 1.45 bits per heavy atom. The Morgan fingerprint density at radius 3 is 1.93 bits per heavy atom. The number of carbonyl (C=O) groups is 8. The lowest BCUT2D eigenvalue weighted by atomic mass is 9.88. The van der Waals surface area contributed by atoms with Gasteiger partial charge in [-0.1, -0.05) is 19.1 Å². The number of carboxylic acids is 2. The predicted octanol–water partition coefficient (Wildman–Crippen LogP) is -1.52. The minimum Gasteiger partial charge on any atom is -0.481 e. The van der Waals surface area contributed by atoms with E-state index in [0.29, 0.717) is 5.69 Å². The average Bonchev–Trinajstić information content (AvgIpc) is 3.31. The van der Waals surface area contributed by atoms with E-state index in [1.165, 1.54) is 24.7 Å². The van der Waals surface area contributed by atoms with Gasteiger partial charge in [-0.15, -0.1) is 5.10 Å². The number of carbonyl (C=O) groups excluding carboxylic acids is 6. The molecule has 1 aromatic rings. The van der Waals surface area contributed by atoms with Crippen molar-refractivity contribution in [3.8, 4) is 0 Å². The van der Waals surface area contributed by atoms with Crippen LogP contribution in [0, 0.1) is 17.8 Å². The molecule has 1 heterocycles. The Balaban J connectivity index is 3.11. The molecule has 0 aliphatic rings. The van der Waals surface area contributed by atoms with Crippen LogP contribution in [0.3, 0.4) is 0 Å². The van der Waals surface area contributed by atoms with Gasteiger partial charge < -0.3 is 31.9 Å². The molecule has 7 N–H and O–H groups in total. The van der Waals surface area contributed by atoms with Gasteiger partial charge in [-0.3, -0.25) is 43.0 Å². The molecule has 0 spiro atoms. The van der Waals surface area contributed by atoms with E-state index in [0.717, 1.165) is 0 Å². The highest BCUT2D eigenvalue weighted by atomic mass is 16.4. The number of carboxylic acid groups (broad SMARTS) is 2. The quantitative estimate of drug-likeness (QED) is 0.0967. The van der Waals surface area contributed by atoms with E-state index in [-0.39, 0.29) is 12.8 Å². The SMILES string of the molecule is CC(=O)N[C@H](C)C(=O)C[C@H](CCC(=O)O)C(=O)NC(C(=O)C[C@H](CC(=O)O)C(=O)N[C@H](Cc1cn(C)nn1)C(N)=O)C(C)C. The van der Waals surface area contributed by atoms with E-state index in [9.17, 15) is 43.5 Å². The Morgan fingerprint density at radius 1 is 0.864 bits per heavy atom. The van der Waals surface area contributed by atoms with Gasteiger partial charge >= 0.3 is 11.9 Å². The Labute approximate surface area is 253 Å². The molecule has 0 aromatic carbocycles. The predicted molar refractivity (Wildman–Crippen MR) is 151 cm³/mol. The summed E-state index contributed by atoms with van der Waals surface area (Å²) in [6.07, 6.45) is -1.14. The van der Waals surface area contributed by atoms with E-state index in [4.69, 9.17) is 10.8 Å². The summed E-state index contributed by atoms with van der Waals surface area (Å²) in [6.45, 7) is 5.81. The first kappa shape index (κ1) is 37.3. The lowest BCUT2D eigenvalue weighted by Crippen LogP contribution is -2.50. The highest BCUT2D eigenvalue weighted by Gasteiger charge is 2.34. The van der Waals surface area contributed by atoms with E-state index in [2.05, 4.69) is 26.3 Å². The number of Topliss-reactive ketones (excluding diaryl/α,β-unsaturated/α-hetero) is 2. The molecular formula is C27H41N7O10. The highest BCUT2D eigenvalue weighted by molar-refractivity contribution is 5.97. The van der Waals surface area contributed by atoms with Crippen LogP contribution < -0.4 is 21.7 Å². The third kappa shape index (κ3) is 13.1. The van der Waals surface area contributed by atoms with Gasteiger partial charge in [-0.25, -0.2) is 0 Å². The summed E-state index contributed by atoms with van der Waals surface area (Å²) in [6, 6.07) is -3.45. The molecule has 1 aromatic heterocycles. The van der Waals surface area contributed by atoms with Crippen molar-refractivity contribution in [1.82, 2.24) is 30.9 Å². The second-order valence-corrected chi connectivity index (χ2v) is 11.0. The molecule has 17 nitrogen and oxygen atoms in total. The molecule has 0 bridgehead atoms. The monoisotopic (exact) mass is 623 g/mol. The molecule has 0 aliphatic heterocycles. The normalized spacial score (nSPS) is 14.4. The van der Waals surface area contributed by atoms with Gasteiger partial charge in [0.2, 0.25) is 23.6 Å². The van der Waals surface area contributed by atoms with Crippen LogP contribution >= 0.6 is 0 Å². The number of aromatic nitrogens is 3. The lowest BCUT2D eigenvalue weighted by Gasteiger charge is -2.26. The number of amides is 4. The maximum absolute atomic E-state index is 13.4. The first-order chi connectivity index (χ1) is 20.4. The molecule has 1 unspecified atom stereocenters. The first-order valence-electron chi connectivity index (χ1n) is 13.9. The summed E-state index contributed by atoms with van der Waals surface area (Å²) < 4.78 is 1.37. The number of nitrogens with two attached hydrogens (primary N) is 1. The fourth-order valence-electron chi connectivity index (χ4n) is 4.37. The van der Waals surface area contributed by atoms with Crippen LogP contribution in [0.15, 0.2) is 6.20 Å². The third-order valence-electron chi connectivity index (χ3n) is 6.70. The number of rotatable bonds is 20. The van der Waals surface area contributed by atoms with E-state index < -0.39 is 109 Å². The van der Waals surface area contributed by atoms with Crippen LogP contribution in [0.5, 0.6) is 0 Å². The zero-order chi connectivity index (χ0) is 33.7. The van der Waals surface area contributed by atoms with Crippen molar-refractivity contribution in [2.75, 3.05) is 0 Å². The standard InChI is InChI=1S/C27H41N7O10/c1-13(2)24(31-26(43)16(6-7-22(38)39)8-20(36)14(3)29-15(4)35)21(37)9-17(10-23(40)41)27(44)30-19(25(28)42)11-18-12-34(5)33-32-18/h12-14,16-17,19,24H,6-11H2,1-5H3,(H2,28,42)(H,29,35)(H,30,44)(H,31,43)(H,38,39)(H,40,41)/t14-,16+,17-,19-,24?/m1/s1. The van der Waals surface area contributed by atoms with Crippen molar-refractivity contribution in [3.63, 3.8) is 0 Å². The third-order valence-corrected chi connectivity index (χ3v) is 6.70. The van der Waals surface area contributed by atoms with Gasteiger partial charge in [0.05, 0.1) is 30.1 Å². The van der Waals surface area contributed by atoms with Crippen LogP contribution in [0.1, 0.15) is 65.5 Å². The van der Waals surface area contributed by atoms with Gasteiger partial charge in [-0.2, -0.15) is 0 Å². The number of aliphatic carboxylic acids is 2. The summed E-state index contributed by atoms with van der Waals surface area (Å²) in [5.41, 5.74) is 5.74. The molecular weight excluding hydrogens is 582 g/mol. The zero-order valence-electron chi connectivity index (χ0n) is 25.4. The van der Waals surface area contributed by atoms with Gasteiger partial charge in [0.15, 0.2) is 11.6 Å². The van der Waals surface area contributed by atoms with Crippen molar-refractivity contribution in [2.45, 2.75) is 84.3 Å². The van der Waals surface area contributed by atoms with E-state index >= 15 is 0 Å². The second kappa shape index (κ2) is 17.4. The zero-order valence-corrected chi connectivity index (χ0v) is 25.4. The number of hydrogen-bond donors (Lipinski definition) is 6. The molecule has 4 amide bonds. The molecule has 0 aliphatic carbocycles. The number of nitrogens with one attached hydrogen (secondary N) is 3. The number of aryl methyl sites for hydroxylation is 1. The maximum Gasteiger partial charge on any atom is 0.304 e. The molecule has 44 heavy (non-hydrogen) atoms. The number of ketones is 2. The van der Waals surface area contributed by atoms with Gasteiger partial charge in [-0.05, 0) is 19.3 Å². The Bertz CT molecular complexity index is 1250. The van der Waals surface area contributed by atoms with Crippen LogP contribution in [0.4, 0.5) is 0 Å². The fourth-order valence-corrected chi connectivity index (χ4v) is 4.37. The van der Waals surface area contributed by atoms with Gasteiger partial charge in [0.1, 0.15) is 6.04 Å². The topological polar surface area (TPSA) is 270 Å². The summed E-state index contributed by atoms with van der Waals surface area (Å²) in [5, 5.41) is 33.4. The van der Waals surface area contributed by atoms with Crippen LogP contribution in [-0.4, -0.2) is 90.5 Å². The molecule has 0 saturated heterocycles. The molecule has 244 valence electrons. The largest absolute Gasteiger partial charge is 0.481 e. The van der Waals surface area contributed by atoms with Crippen LogP contribution in [0.2, 0.25) is 0 Å². The number of nitrogens with zero attached hydrogens (tertiary/aromatic N) is 3. The Kier molecular flexibility index (Phi) is 14.8. The van der Waals surface area contributed by atoms with Gasteiger partial charge in [0, 0.05) is 51.8 Å². The smallest absolute Gasteiger partial charge is 0.304 e. The molecule has 1 rings (SSSR count). The highest BCUT2D eigenvalue weighted by Crippen LogP contribution is 2.19.